The fraction of sp³-hybridized carbons (Fsp3) is 0.111. The van der Waals surface area contributed by atoms with Crippen LogP contribution in [0.1, 0.15) is 25.0 Å². The Morgan fingerprint density at radius 3 is 1.96 bits per heavy atom. The molecule has 4 aromatic rings. The van der Waals surface area contributed by atoms with E-state index in [0.29, 0.717) is 0 Å². The molecule has 132 valence electrons. The normalized spacial score (nSPS) is 13.8. The van der Waals surface area contributed by atoms with E-state index >= 15 is 0 Å². The first-order valence-corrected chi connectivity index (χ1v) is 9.75. The molecule has 0 heterocycles. The highest BCUT2D eigenvalue weighted by Gasteiger charge is 2.35. The second kappa shape index (κ2) is 6.24. The zero-order chi connectivity index (χ0) is 19.3. The molecule has 0 spiro atoms. The molecule has 0 atom stereocenters. The molecule has 0 saturated heterocycles. The van der Waals surface area contributed by atoms with Gasteiger partial charge in [0.15, 0.2) is 0 Å². The summed E-state index contributed by atoms with van der Waals surface area (Å²) in [5.41, 5.74) is 11.0. The van der Waals surface area contributed by atoms with Gasteiger partial charge in [-0.25, -0.2) is 0 Å². The SMILES string of the molecule is [B]c1cc(-c2ccccc2)cc(-c2ccc3c(c2)C(C)(C)c2ccccc2-3)c1. The van der Waals surface area contributed by atoms with Gasteiger partial charge in [0.1, 0.15) is 7.85 Å². The third-order valence-electron chi connectivity index (χ3n) is 5.98. The molecular weight excluding hydrogens is 335 g/mol. The Balaban J connectivity index is 1.65. The molecule has 1 heteroatoms. The van der Waals surface area contributed by atoms with Gasteiger partial charge in [-0.05, 0) is 56.6 Å². The summed E-state index contributed by atoms with van der Waals surface area (Å²) in [6.45, 7) is 4.63. The monoisotopic (exact) mass is 356 g/mol. The summed E-state index contributed by atoms with van der Waals surface area (Å²) >= 11 is 0. The van der Waals surface area contributed by atoms with Crippen molar-refractivity contribution in [2.75, 3.05) is 0 Å². The molecule has 0 amide bonds. The Hall–Kier alpha value is -3.06. The molecule has 5 rings (SSSR count). The van der Waals surface area contributed by atoms with Crippen LogP contribution in [0.25, 0.3) is 33.4 Å². The highest BCUT2D eigenvalue weighted by atomic mass is 14.4. The van der Waals surface area contributed by atoms with E-state index in [0.717, 1.165) is 16.6 Å². The molecule has 1 aliphatic rings. The topological polar surface area (TPSA) is 0 Å². The predicted octanol–water partition coefficient (Wildman–Crippen LogP) is 6.12. The van der Waals surface area contributed by atoms with Crippen LogP contribution in [-0.2, 0) is 5.41 Å². The van der Waals surface area contributed by atoms with E-state index in [1.165, 1.54) is 33.4 Å². The van der Waals surface area contributed by atoms with Crippen molar-refractivity contribution < 1.29 is 0 Å². The minimum atomic E-state index is 0.00449. The van der Waals surface area contributed by atoms with Crippen molar-refractivity contribution in [2.24, 2.45) is 0 Å². The lowest BCUT2D eigenvalue weighted by Gasteiger charge is -2.22. The maximum absolute atomic E-state index is 6.27. The Labute approximate surface area is 168 Å². The summed E-state index contributed by atoms with van der Waals surface area (Å²) in [5.74, 6) is 0. The van der Waals surface area contributed by atoms with Crippen LogP contribution >= 0.6 is 0 Å². The first-order chi connectivity index (χ1) is 13.5. The lowest BCUT2D eigenvalue weighted by molar-refractivity contribution is 0.660. The molecule has 0 aromatic heterocycles. The lowest BCUT2D eigenvalue weighted by atomic mass is 9.81. The van der Waals surface area contributed by atoms with Crippen LogP contribution < -0.4 is 5.46 Å². The summed E-state index contributed by atoms with van der Waals surface area (Å²) < 4.78 is 0. The van der Waals surface area contributed by atoms with Crippen LogP contribution in [0.4, 0.5) is 0 Å². The molecule has 0 fully saturated rings. The fourth-order valence-electron chi connectivity index (χ4n) is 4.50. The molecule has 0 unspecified atom stereocenters. The van der Waals surface area contributed by atoms with E-state index in [4.69, 9.17) is 7.85 Å². The van der Waals surface area contributed by atoms with E-state index in [2.05, 4.69) is 92.7 Å². The molecule has 28 heavy (non-hydrogen) atoms. The fourth-order valence-corrected chi connectivity index (χ4v) is 4.50. The first-order valence-electron chi connectivity index (χ1n) is 9.75. The second-order valence-corrected chi connectivity index (χ2v) is 8.14. The van der Waals surface area contributed by atoms with Crippen molar-refractivity contribution in [3.8, 4) is 33.4 Å². The van der Waals surface area contributed by atoms with Crippen molar-refractivity contribution >= 4 is 13.3 Å². The van der Waals surface area contributed by atoms with Gasteiger partial charge < -0.3 is 0 Å². The van der Waals surface area contributed by atoms with Gasteiger partial charge in [-0.3, -0.25) is 0 Å². The largest absolute Gasteiger partial charge is 0.113 e. The molecule has 0 nitrogen and oxygen atoms in total. The summed E-state index contributed by atoms with van der Waals surface area (Å²) in [5, 5.41) is 0. The average molecular weight is 356 g/mol. The van der Waals surface area contributed by atoms with Crippen LogP contribution in [0.2, 0.25) is 0 Å². The molecule has 0 saturated carbocycles. The van der Waals surface area contributed by atoms with Crippen molar-refractivity contribution in [3.05, 3.63) is 102 Å². The summed E-state index contributed by atoms with van der Waals surface area (Å²) in [6, 6.07) is 32.4. The van der Waals surface area contributed by atoms with Crippen LogP contribution in [0, 0.1) is 0 Å². The molecular formula is C27H21B. The molecule has 0 aliphatic heterocycles. The van der Waals surface area contributed by atoms with Crippen LogP contribution in [0.5, 0.6) is 0 Å². The first kappa shape index (κ1) is 17.1. The lowest BCUT2D eigenvalue weighted by Crippen LogP contribution is -2.15. The zero-order valence-corrected chi connectivity index (χ0v) is 16.2. The maximum Gasteiger partial charge on any atom is 0.113 e. The summed E-state index contributed by atoms with van der Waals surface area (Å²) in [6.07, 6.45) is 0. The molecule has 2 radical (unpaired) electrons. The van der Waals surface area contributed by atoms with Gasteiger partial charge in [0.2, 0.25) is 0 Å². The third kappa shape index (κ3) is 2.62. The Morgan fingerprint density at radius 2 is 1.18 bits per heavy atom. The second-order valence-electron chi connectivity index (χ2n) is 8.14. The van der Waals surface area contributed by atoms with Gasteiger partial charge in [-0.2, -0.15) is 0 Å². The van der Waals surface area contributed by atoms with Crippen molar-refractivity contribution in [3.63, 3.8) is 0 Å². The van der Waals surface area contributed by atoms with E-state index in [-0.39, 0.29) is 5.41 Å². The molecule has 1 aliphatic carbocycles. The minimum absolute atomic E-state index is 0.00449. The van der Waals surface area contributed by atoms with Gasteiger partial charge in [0.25, 0.3) is 0 Å². The van der Waals surface area contributed by atoms with E-state index in [1.807, 2.05) is 12.1 Å². The number of fused-ring (bicyclic) bond motifs is 3. The molecule has 0 bridgehead atoms. The standard InChI is InChI=1S/C27H21B/c1-27(2)25-11-7-6-10-23(25)24-13-12-19(17-26(24)27)21-14-20(15-22(28)16-21)18-8-4-3-5-9-18/h3-17H,1-2H3. The summed E-state index contributed by atoms with van der Waals surface area (Å²) in [4.78, 5) is 0. The Morgan fingerprint density at radius 1 is 0.536 bits per heavy atom. The van der Waals surface area contributed by atoms with Crippen LogP contribution in [-0.4, -0.2) is 7.85 Å². The predicted molar refractivity (Wildman–Crippen MR) is 120 cm³/mol. The van der Waals surface area contributed by atoms with Gasteiger partial charge in [0, 0.05) is 5.41 Å². The zero-order valence-electron chi connectivity index (χ0n) is 16.2. The molecule has 4 aromatic carbocycles. The van der Waals surface area contributed by atoms with Crippen molar-refractivity contribution in [1.29, 1.82) is 0 Å². The number of benzene rings is 4. The van der Waals surface area contributed by atoms with Crippen LogP contribution in [0.3, 0.4) is 0 Å². The molecule has 0 N–H and O–H groups in total. The van der Waals surface area contributed by atoms with Gasteiger partial charge in [-0.1, -0.05) is 98.2 Å². The van der Waals surface area contributed by atoms with Crippen molar-refractivity contribution in [1.82, 2.24) is 0 Å². The average Bonchev–Trinajstić information content (AvgIpc) is 2.95. The van der Waals surface area contributed by atoms with E-state index in [1.54, 1.807) is 0 Å². The Bertz CT molecular complexity index is 1190. The number of hydrogen-bond donors (Lipinski definition) is 0. The number of hydrogen-bond acceptors (Lipinski definition) is 0. The van der Waals surface area contributed by atoms with Crippen molar-refractivity contribution in [2.45, 2.75) is 19.3 Å². The highest BCUT2D eigenvalue weighted by Crippen LogP contribution is 2.49. The van der Waals surface area contributed by atoms with E-state index in [9.17, 15) is 0 Å². The van der Waals surface area contributed by atoms with Gasteiger partial charge in [0.05, 0.1) is 0 Å². The minimum Gasteiger partial charge on any atom is -0.0955 e. The number of rotatable bonds is 2. The quantitative estimate of drug-likeness (QED) is 0.380. The van der Waals surface area contributed by atoms with Gasteiger partial charge >= 0.3 is 0 Å². The summed E-state index contributed by atoms with van der Waals surface area (Å²) in [7, 11) is 6.27. The highest BCUT2D eigenvalue weighted by molar-refractivity contribution is 6.33. The smallest absolute Gasteiger partial charge is 0.0955 e. The van der Waals surface area contributed by atoms with Crippen LogP contribution in [0.15, 0.2) is 91.0 Å². The maximum atomic E-state index is 6.27. The van der Waals surface area contributed by atoms with Gasteiger partial charge in [-0.15, -0.1) is 0 Å². The third-order valence-corrected chi connectivity index (χ3v) is 5.98. The Kier molecular flexibility index (Phi) is 3.80. The van der Waals surface area contributed by atoms with E-state index < -0.39 is 0 Å².